The van der Waals surface area contributed by atoms with Crippen molar-refractivity contribution in [3.05, 3.63) is 10.6 Å². The zero-order valence-corrected chi connectivity index (χ0v) is 22.4. The van der Waals surface area contributed by atoms with Crippen molar-refractivity contribution >= 4 is 39.8 Å². The molecule has 11 nitrogen and oxygen atoms in total. The average molecular weight is 546 g/mol. The van der Waals surface area contributed by atoms with Crippen LogP contribution in [-0.2, 0) is 34.1 Å². The summed E-state index contributed by atoms with van der Waals surface area (Å²) in [4.78, 5) is 40.4. The molecule has 0 aromatic heterocycles. The van der Waals surface area contributed by atoms with Gasteiger partial charge in [-0.25, -0.2) is 9.93 Å². The van der Waals surface area contributed by atoms with Crippen molar-refractivity contribution < 1.29 is 37.4 Å². The first-order chi connectivity index (χ1) is 16.9. The number of aliphatic hydroxyl groups is 1. The van der Waals surface area contributed by atoms with Gasteiger partial charge in [-0.2, -0.15) is 12.7 Å². The SMILES string of the molecule is CC(OC(=O)CC1CCCCC1)OC(=O)C1=C(SC2CN(S(N)(=O)=O)C2)C(C)C2C(C(C)O)C(=O)N12. The summed E-state index contributed by atoms with van der Waals surface area (Å²) in [6.45, 7) is 5.25. The van der Waals surface area contributed by atoms with Gasteiger partial charge in [0.15, 0.2) is 0 Å². The van der Waals surface area contributed by atoms with Crippen LogP contribution in [0.2, 0.25) is 0 Å². The normalized spacial score (nSPS) is 29.3. The highest BCUT2D eigenvalue weighted by Gasteiger charge is 2.60. The summed E-state index contributed by atoms with van der Waals surface area (Å²) >= 11 is 1.32. The number of aliphatic hydroxyl groups excluding tert-OH is 1. The number of carbonyl (C=O) groups is 3. The minimum atomic E-state index is -3.79. The van der Waals surface area contributed by atoms with E-state index in [1.807, 2.05) is 6.92 Å². The van der Waals surface area contributed by atoms with E-state index in [0.29, 0.717) is 4.91 Å². The Morgan fingerprint density at radius 1 is 1.17 bits per heavy atom. The number of β-lactam (4-membered cyclic amide) rings is 1. The van der Waals surface area contributed by atoms with Crippen LogP contribution in [0.4, 0.5) is 0 Å². The van der Waals surface area contributed by atoms with Crippen molar-refractivity contribution in [3.63, 3.8) is 0 Å². The fourth-order valence-corrected chi connectivity index (χ4v) is 8.10. The van der Waals surface area contributed by atoms with Crippen LogP contribution in [-0.4, -0.2) is 77.4 Å². The number of nitrogens with two attached hydrogens (primary N) is 1. The van der Waals surface area contributed by atoms with Gasteiger partial charge in [-0.05, 0) is 25.7 Å². The van der Waals surface area contributed by atoms with Gasteiger partial charge in [-0.3, -0.25) is 9.59 Å². The topological polar surface area (TPSA) is 157 Å². The van der Waals surface area contributed by atoms with Gasteiger partial charge in [0, 0.05) is 42.5 Å². The third-order valence-corrected chi connectivity index (χ3v) is 9.99. The fourth-order valence-electron chi connectivity index (χ4n) is 5.62. The Bertz CT molecular complexity index is 1030. The molecule has 4 rings (SSSR count). The number of amides is 1. The smallest absolute Gasteiger partial charge is 0.358 e. The molecule has 3 fully saturated rings. The minimum Gasteiger partial charge on any atom is -0.425 e. The molecule has 0 aromatic carbocycles. The molecule has 1 saturated carbocycles. The second-order valence-electron chi connectivity index (χ2n) is 10.2. The highest BCUT2D eigenvalue weighted by molar-refractivity contribution is 8.04. The molecule has 5 unspecified atom stereocenters. The maximum Gasteiger partial charge on any atom is 0.358 e. The van der Waals surface area contributed by atoms with Gasteiger partial charge in [0.25, 0.3) is 10.2 Å². The predicted molar refractivity (Wildman–Crippen MR) is 131 cm³/mol. The molecule has 0 bridgehead atoms. The molecule has 3 aliphatic heterocycles. The highest BCUT2D eigenvalue weighted by Crippen LogP contribution is 2.52. The van der Waals surface area contributed by atoms with Gasteiger partial charge in [0.2, 0.25) is 12.2 Å². The van der Waals surface area contributed by atoms with Gasteiger partial charge >= 0.3 is 11.9 Å². The Morgan fingerprint density at radius 2 is 1.81 bits per heavy atom. The molecule has 0 spiro atoms. The Morgan fingerprint density at radius 3 is 2.39 bits per heavy atom. The van der Waals surface area contributed by atoms with Gasteiger partial charge in [0.1, 0.15) is 5.70 Å². The zero-order valence-electron chi connectivity index (χ0n) is 20.8. The van der Waals surface area contributed by atoms with Gasteiger partial charge in [-0.1, -0.05) is 26.2 Å². The van der Waals surface area contributed by atoms with Crippen LogP contribution in [0.1, 0.15) is 59.3 Å². The van der Waals surface area contributed by atoms with E-state index < -0.39 is 46.5 Å². The number of hydrogen-bond acceptors (Lipinski definition) is 9. The lowest BCUT2D eigenvalue weighted by Gasteiger charge is -2.46. The third kappa shape index (κ3) is 5.45. The van der Waals surface area contributed by atoms with Crippen LogP contribution in [0.15, 0.2) is 10.6 Å². The molecular weight excluding hydrogens is 510 g/mol. The molecule has 5 atom stereocenters. The van der Waals surface area contributed by atoms with Gasteiger partial charge in [0.05, 0.1) is 18.1 Å². The first-order valence-electron chi connectivity index (χ1n) is 12.5. The minimum absolute atomic E-state index is 0.0728. The number of ether oxygens (including phenoxy) is 2. The molecule has 3 heterocycles. The van der Waals surface area contributed by atoms with Crippen LogP contribution in [0.25, 0.3) is 0 Å². The summed E-state index contributed by atoms with van der Waals surface area (Å²) in [6, 6.07) is -0.402. The molecule has 36 heavy (non-hydrogen) atoms. The van der Waals surface area contributed by atoms with E-state index >= 15 is 0 Å². The summed E-state index contributed by atoms with van der Waals surface area (Å²) in [5.41, 5.74) is 0.0728. The van der Waals surface area contributed by atoms with Gasteiger partial charge < -0.3 is 19.5 Å². The van der Waals surface area contributed by atoms with Crippen LogP contribution >= 0.6 is 11.8 Å². The highest BCUT2D eigenvalue weighted by atomic mass is 32.2. The van der Waals surface area contributed by atoms with Crippen molar-refractivity contribution in [2.75, 3.05) is 13.1 Å². The van der Waals surface area contributed by atoms with Crippen LogP contribution in [0.5, 0.6) is 0 Å². The number of carbonyl (C=O) groups excluding carboxylic acids is 3. The molecule has 1 amide bonds. The Balaban J connectivity index is 1.44. The average Bonchev–Trinajstić information content (AvgIpc) is 2.97. The Labute approximate surface area is 215 Å². The van der Waals surface area contributed by atoms with Crippen molar-refractivity contribution in [2.24, 2.45) is 22.9 Å². The lowest BCUT2D eigenvalue weighted by Crippen LogP contribution is -2.63. The van der Waals surface area contributed by atoms with E-state index in [4.69, 9.17) is 14.6 Å². The summed E-state index contributed by atoms with van der Waals surface area (Å²) in [5.74, 6) is -2.20. The second-order valence-corrected chi connectivity index (χ2v) is 13.1. The molecule has 3 N–H and O–H groups in total. The van der Waals surface area contributed by atoms with E-state index in [2.05, 4.69) is 0 Å². The van der Waals surface area contributed by atoms with Crippen molar-refractivity contribution in [3.8, 4) is 0 Å². The molecule has 4 aliphatic rings. The van der Waals surface area contributed by atoms with E-state index in [1.54, 1.807) is 6.92 Å². The van der Waals surface area contributed by atoms with E-state index in [1.165, 1.54) is 30.0 Å². The summed E-state index contributed by atoms with van der Waals surface area (Å²) in [6.07, 6.45) is 3.63. The van der Waals surface area contributed by atoms with Crippen LogP contribution in [0.3, 0.4) is 0 Å². The summed E-state index contributed by atoms with van der Waals surface area (Å²) in [5, 5.41) is 15.2. The summed E-state index contributed by atoms with van der Waals surface area (Å²) in [7, 11) is -3.79. The lowest BCUT2D eigenvalue weighted by atomic mass is 9.79. The molecule has 1 aliphatic carbocycles. The molecule has 2 saturated heterocycles. The third-order valence-electron chi connectivity index (χ3n) is 7.52. The molecule has 0 aromatic rings. The van der Waals surface area contributed by atoms with E-state index in [0.717, 1.165) is 30.0 Å². The van der Waals surface area contributed by atoms with Crippen molar-refractivity contribution in [2.45, 2.75) is 83.0 Å². The lowest BCUT2D eigenvalue weighted by molar-refractivity contribution is -0.186. The molecule has 0 radical (unpaired) electrons. The number of rotatable bonds is 9. The summed E-state index contributed by atoms with van der Waals surface area (Å²) < 4.78 is 35.0. The second kappa shape index (κ2) is 10.6. The standard InChI is InChI=1S/C23H35N3O8S2/c1-12-19-18(13(2)27)22(29)26(19)20(21(12)35-16-10-25(11-16)36(24,31)32)23(30)34-14(3)33-17(28)9-15-7-5-4-6-8-15/h12-16,18-19,27H,4-11H2,1-3H3,(H2,24,31,32). The van der Waals surface area contributed by atoms with Crippen molar-refractivity contribution in [1.82, 2.24) is 9.21 Å². The van der Waals surface area contributed by atoms with Crippen molar-refractivity contribution in [1.29, 1.82) is 0 Å². The Kier molecular flexibility index (Phi) is 8.06. The van der Waals surface area contributed by atoms with Crippen LogP contribution < -0.4 is 5.14 Å². The van der Waals surface area contributed by atoms with Gasteiger partial charge in [-0.15, -0.1) is 11.8 Å². The van der Waals surface area contributed by atoms with Crippen LogP contribution in [0, 0.1) is 17.8 Å². The molecule has 202 valence electrons. The quantitative estimate of drug-likeness (QED) is 0.246. The number of hydrogen-bond donors (Lipinski definition) is 2. The fraction of sp³-hybridized carbons (Fsp3) is 0.783. The monoisotopic (exact) mass is 545 g/mol. The number of fused-ring (bicyclic) bond motifs is 1. The maximum atomic E-state index is 13.2. The Hall–Kier alpha value is -1.67. The number of nitrogens with zero attached hydrogens (tertiary/aromatic N) is 2. The largest absolute Gasteiger partial charge is 0.425 e. The number of esters is 2. The zero-order chi connectivity index (χ0) is 26.4. The van der Waals surface area contributed by atoms with E-state index in [-0.39, 0.29) is 48.2 Å². The first kappa shape index (κ1) is 27.4. The molecular formula is C23H35N3O8S2. The first-order valence-corrected chi connectivity index (χ1v) is 14.9. The van der Waals surface area contributed by atoms with E-state index in [9.17, 15) is 27.9 Å². The molecule has 13 heteroatoms. The predicted octanol–water partition coefficient (Wildman–Crippen LogP) is 1.08. The number of thioether (sulfide) groups is 1. The maximum absolute atomic E-state index is 13.2.